The van der Waals surface area contributed by atoms with Crippen LogP contribution < -0.4 is 9.64 Å². The van der Waals surface area contributed by atoms with Crippen molar-refractivity contribution < 1.29 is 9.53 Å². The number of hydrogen-bond donors (Lipinski definition) is 0. The maximum atomic E-state index is 12.1. The summed E-state index contributed by atoms with van der Waals surface area (Å²) < 4.78 is 6.77. The molecule has 1 unspecified atom stereocenters. The van der Waals surface area contributed by atoms with Crippen LogP contribution in [0.1, 0.15) is 18.1 Å². The molecule has 1 atom stereocenters. The van der Waals surface area contributed by atoms with Crippen molar-refractivity contribution in [2.45, 2.75) is 20.8 Å². The summed E-state index contributed by atoms with van der Waals surface area (Å²) in [4.78, 5) is 13.8. The average molecular weight is 298 g/mol. The van der Waals surface area contributed by atoms with Gasteiger partial charge in [-0.2, -0.15) is 0 Å². The molecule has 0 saturated heterocycles. The van der Waals surface area contributed by atoms with E-state index in [-0.39, 0.29) is 11.8 Å². The molecule has 2 rings (SSSR count). The minimum atomic E-state index is -0.106. The van der Waals surface area contributed by atoms with Gasteiger partial charge in [0.15, 0.2) is 0 Å². The molecular formula is C13H16BrNO2. The highest BCUT2D eigenvalue weighted by Crippen LogP contribution is 2.40. The molecule has 4 heteroatoms. The van der Waals surface area contributed by atoms with Crippen LogP contribution in [-0.4, -0.2) is 19.6 Å². The molecule has 1 aromatic rings. The Morgan fingerprint density at radius 2 is 2.12 bits per heavy atom. The molecule has 1 aliphatic rings. The molecule has 1 amide bonds. The lowest BCUT2D eigenvalue weighted by atomic mass is 10.1. The largest absolute Gasteiger partial charge is 0.491 e. The summed E-state index contributed by atoms with van der Waals surface area (Å²) in [6, 6.07) is 1.98. The van der Waals surface area contributed by atoms with Crippen molar-refractivity contribution in [2.75, 3.05) is 18.6 Å². The number of nitrogens with zero attached hydrogens (tertiary/aromatic N) is 1. The molecule has 0 radical (unpaired) electrons. The standard InChI is InChI=1S/C13H16BrNO2/c1-7-5-10-12(9(3)11(7)14)15(4)13(16)8(2)6-17-10/h5,8H,6H2,1-4H3. The third kappa shape index (κ3) is 1.95. The zero-order valence-corrected chi connectivity index (χ0v) is 12.1. The molecule has 0 saturated carbocycles. The van der Waals surface area contributed by atoms with E-state index in [1.807, 2.05) is 26.8 Å². The lowest BCUT2D eigenvalue weighted by Crippen LogP contribution is -2.32. The fraction of sp³-hybridized carbons (Fsp3) is 0.462. The van der Waals surface area contributed by atoms with Gasteiger partial charge in [-0.15, -0.1) is 0 Å². The zero-order chi connectivity index (χ0) is 12.7. The summed E-state index contributed by atoms with van der Waals surface area (Å²) in [5, 5.41) is 0. The number of amides is 1. The quantitative estimate of drug-likeness (QED) is 0.736. The Morgan fingerprint density at radius 1 is 1.47 bits per heavy atom. The van der Waals surface area contributed by atoms with Crippen molar-refractivity contribution in [3.8, 4) is 5.75 Å². The second-order valence-electron chi connectivity index (χ2n) is 4.59. The van der Waals surface area contributed by atoms with Gasteiger partial charge in [0.05, 0.1) is 18.2 Å². The normalized spacial score (nSPS) is 19.7. The van der Waals surface area contributed by atoms with Crippen molar-refractivity contribution in [3.05, 3.63) is 21.7 Å². The van der Waals surface area contributed by atoms with Gasteiger partial charge in [-0.25, -0.2) is 0 Å². The minimum absolute atomic E-state index is 0.0996. The molecule has 1 aromatic carbocycles. The number of fused-ring (bicyclic) bond motifs is 1. The Labute approximate surface area is 110 Å². The van der Waals surface area contributed by atoms with Crippen molar-refractivity contribution in [3.63, 3.8) is 0 Å². The van der Waals surface area contributed by atoms with E-state index in [4.69, 9.17) is 4.74 Å². The first-order valence-electron chi connectivity index (χ1n) is 5.63. The fourth-order valence-electron chi connectivity index (χ4n) is 2.17. The van der Waals surface area contributed by atoms with Crippen LogP contribution in [0.3, 0.4) is 0 Å². The molecule has 17 heavy (non-hydrogen) atoms. The van der Waals surface area contributed by atoms with Crippen LogP contribution in [0.2, 0.25) is 0 Å². The van der Waals surface area contributed by atoms with E-state index < -0.39 is 0 Å². The van der Waals surface area contributed by atoms with Crippen LogP contribution in [0.4, 0.5) is 5.69 Å². The number of anilines is 1. The molecule has 1 aliphatic heterocycles. The monoisotopic (exact) mass is 297 g/mol. The summed E-state index contributed by atoms with van der Waals surface area (Å²) in [5.74, 6) is 0.789. The molecule has 3 nitrogen and oxygen atoms in total. The summed E-state index contributed by atoms with van der Waals surface area (Å²) in [6.07, 6.45) is 0. The number of ether oxygens (including phenoxy) is 1. The molecule has 0 aromatic heterocycles. The minimum Gasteiger partial charge on any atom is -0.491 e. The Kier molecular flexibility index (Phi) is 3.17. The van der Waals surface area contributed by atoms with E-state index >= 15 is 0 Å². The average Bonchev–Trinajstić information content (AvgIpc) is 2.39. The third-order valence-corrected chi connectivity index (χ3v) is 4.41. The van der Waals surface area contributed by atoms with Gasteiger partial charge in [0.25, 0.3) is 0 Å². The highest BCUT2D eigenvalue weighted by Gasteiger charge is 2.28. The Bertz CT molecular complexity index is 485. The first-order chi connectivity index (χ1) is 7.93. The second-order valence-corrected chi connectivity index (χ2v) is 5.38. The van der Waals surface area contributed by atoms with Crippen molar-refractivity contribution >= 4 is 27.5 Å². The van der Waals surface area contributed by atoms with Gasteiger partial charge in [-0.1, -0.05) is 22.9 Å². The van der Waals surface area contributed by atoms with Gasteiger partial charge < -0.3 is 9.64 Å². The zero-order valence-electron chi connectivity index (χ0n) is 10.5. The predicted molar refractivity (Wildman–Crippen MR) is 71.7 cm³/mol. The first-order valence-corrected chi connectivity index (χ1v) is 6.42. The predicted octanol–water partition coefficient (Wildman–Crippen LogP) is 3.06. The Morgan fingerprint density at radius 3 is 2.76 bits per heavy atom. The van der Waals surface area contributed by atoms with Gasteiger partial charge in [-0.05, 0) is 31.0 Å². The van der Waals surface area contributed by atoms with Crippen LogP contribution in [0, 0.1) is 19.8 Å². The van der Waals surface area contributed by atoms with Crippen LogP contribution in [0.15, 0.2) is 10.5 Å². The van der Waals surface area contributed by atoms with Gasteiger partial charge in [-0.3, -0.25) is 4.79 Å². The van der Waals surface area contributed by atoms with Crippen LogP contribution >= 0.6 is 15.9 Å². The third-order valence-electron chi connectivity index (χ3n) is 3.19. The maximum Gasteiger partial charge on any atom is 0.233 e. The molecule has 92 valence electrons. The van der Waals surface area contributed by atoms with Gasteiger partial charge >= 0.3 is 0 Å². The number of benzene rings is 1. The van der Waals surface area contributed by atoms with Gasteiger partial charge in [0.2, 0.25) is 5.91 Å². The van der Waals surface area contributed by atoms with E-state index in [0.717, 1.165) is 27.0 Å². The van der Waals surface area contributed by atoms with Gasteiger partial charge in [0, 0.05) is 11.5 Å². The second kappa shape index (κ2) is 4.33. The molecule has 0 bridgehead atoms. The van der Waals surface area contributed by atoms with Crippen LogP contribution in [0.5, 0.6) is 5.75 Å². The molecule has 0 N–H and O–H groups in total. The van der Waals surface area contributed by atoms with E-state index in [2.05, 4.69) is 15.9 Å². The van der Waals surface area contributed by atoms with Crippen LogP contribution in [-0.2, 0) is 4.79 Å². The van der Waals surface area contributed by atoms with Gasteiger partial charge in [0.1, 0.15) is 5.75 Å². The SMILES string of the molecule is Cc1cc2c(c(C)c1Br)N(C)C(=O)C(C)CO2. The fourth-order valence-corrected chi connectivity index (χ4v) is 2.47. The number of carbonyl (C=O) groups is 1. The van der Waals surface area contributed by atoms with E-state index in [1.165, 1.54) is 0 Å². The molecule has 0 spiro atoms. The van der Waals surface area contributed by atoms with Crippen molar-refractivity contribution in [1.29, 1.82) is 0 Å². The molecule has 0 fully saturated rings. The highest BCUT2D eigenvalue weighted by atomic mass is 79.9. The first kappa shape index (κ1) is 12.4. The van der Waals surface area contributed by atoms with Crippen molar-refractivity contribution in [1.82, 2.24) is 0 Å². The lowest BCUT2D eigenvalue weighted by Gasteiger charge is -2.21. The lowest BCUT2D eigenvalue weighted by molar-refractivity contribution is -0.122. The van der Waals surface area contributed by atoms with E-state index in [0.29, 0.717) is 6.61 Å². The summed E-state index contributed by atoms with van der Waals surface area (Å²) >= 11 is 3.55. The number of rotatable bonds is 0. The summed E-state index contributed by atoms with van der Waals surface area (Å²) in [6.45, 7) is 6.36. The molecule has 0 aliphatic carbocycles. The number of hydrogen-bond acceptors (Lipinski definition) is 2. The topological polar surface area (TPSA) is 29.5 Å². The molecule has 1 heterocycles. The van der Waals surface area contributed by atoms with Crippen molar-refractivity contribution in [2.24, 2.45) is 5.92 Å². The number of aryl methyl sites for hydroxylation is 1. The van der Waals surface area contributed by atoms with Crippen LogP contribution in [0.25, 0.3) is 0 Å². The van der Waals surface area contributed by atoms with E-state index in [1.54, 1.807) is 11.9 Å². The van der Waals surface area contributed by atoms with E-state index in [9.17, 15) is 4.79 Å². The maximum absolute atomic E-state index is 12.1. The summed E-state index contributed by atoms with van der Waals surface area (Å²) in [5.41, 5.74) is 3.04. The Hall–Kier alpha value is -1.03. The summed E-state index contributed by atoms with van der Waals surface area (Å²) in [7, 11) is 1.81. The molecular weight excluding hydrogens is 282 g/mol. The Balaban J connectivity index is 2.64. The number of carbonyl (C=O) groups excluding carboxylic acids is 1. The highest BCUT2D eigenvalue weighted by molar-refractivity contribution is 9.10. The number of halogens is 1. The smallest absolute Gasteiger partial charge is 0.233 e.